The highest BCUT2D eigenvalue weighted by molar-refractivity contribution is 5.39. The van der Waals surface area contributed by atoms with Gasteiger partial charge >= 0.3 is 0 Å². The normalized spacial score (nSPS) is 24.6. The molecule has 1 N–H and O–H groups in total. The molecule has 0 radical (unpaired) electrons. The van der Waals surface area contributed by atoms with Crippen LogP contribution in [0.4, 0.5) is 0 Å². The summed E-state index contributed by atoms with van der Waals surface area (Å²) in [7, 11) is 0. The lowest BCUT2D eigenvalue weighted by Crippen LogP contribution is -2.38. The van der Waals surface area contributed by atoms with Crippen molar-refractivity contribution >= 4 is 0 Å². The van der Waals surface area contributed by atoms with Gasteiger partial charge in [-0.15, -0.1) is 0 Å². The van der Waals surface area contributed by atoms with Crippen molar-refractivity contribution in [3.63, 3.8) is 0 Å². The Hall–Kier alpha value is -0.820. The molecule has 1 fully saturated rings. The van der Waals surface area contributed by atoms with Crippen molar-refractivity contribution in [3.8, 4) is 0 Å². The molecule has 0 aliphatic heterocycles. The third kappa shape index (κ3) is 2.33. The van der Waals surface area contributed by atoms with Crippen LogP contribution in [0.2, 0.25) is 0 Å². The first-order valence-corrected chi connectivity index (χ1v) is 7.69. The second-order valence-corrected chi connectivity index (χ2v) is 6.04. The van der Waals surface area contributed by atoms with Gasteiger partial charge in [0.05, 0.1) is 0 Å². The van der Waals surface area contributed by atoms with Gasteiger partial charge in [0.1, 0.15) is 0 Å². The number of fused-ring (bicyclic) bond motifs is 1. The minimum Gasteiger partial charge on any atom is -0.314 e. The van der Waals surface area contributed by atoms with Crippen LogP contribution in [-0.2, 0) is 6.42 Å². The van der Waals surface area contributed by atoms with Gasteiger partial charge in [-0.25, -0.2) is 0 Å². The van der Waals surface area contributed by atoms with Crippen LogP contribution in [0.3, 0.4) is 0 Å². The first-order chi connectivity index (χ1) is 8.88. The molecule has 2 aliphatic carbocycles. The maximum absolute atomic E-state index is 3.75. The summed E-state index contributed by atoms with van der Waals surface area (Å²) in [4.78, 5) is 0. The zero-order valence-corrected chi connectivity index (χ0v) is 11.5. The lowest BCUT2D eigenvalue weighted by molar-refractivity contribution is 0.316. The highest BCUT2D eigenvalue weighted by Gasteiger charge is 2.31. The van der Waals surface area contributed by atoms with Gasteiger partial charge in [-0.2, -0.15) is 0 Å². The molecule has 0 heterocycles. The molecule has 18 heavy (non-hydrogen) atoms. The third-order valence-corrected chi connectivity index (χ3v) is 4.93. The van der Waals surface area contributed by atoms with E-state index >= 15 is 0 Å². The minimum atomic E-state index is 0.760. The fourth-order valence-corrected chi connectivity index (χ4v) is 3.94. The van der Waals surface area contributed by atoms with E-state index in [1.54, 1.807) is 11.1 Å². The Morgan fingerprint density at radius 3 is 2.72 bits per heavy atom. The van der Waals surface area contributed by atoms with Crippen molar-refractivity contribution in [1.82, 2.24) is 5.32 Å². The summed E-state index contributed by atoms with van der Waals surface area (Å²) < 4.78 is 0. The summed E-state index contributed by atoms with van der Waals surface area (Å²) in [5.74, 6) is 1.77. The quantitative estimate of drug-likeness (QED) is 0.827. The lowest BCUT2D eigenvalue weighted by Gasteiger charge is -2.35. The van der Waals surface area contributed by atoms with E-state index in [0.717, 1.165) is 24.4 Å². The number of nitrogens with one attached hydrogen (secondary N) is 1. The standard InChI is InChI=1S/C17H25N/c1-2-18-17(13-7-3-4-8-13)12-15-11-14-9-5-6-10-16(14)15/h5-6,9-10,13,15,17-18H,2-4,7-8,11-12H2,1H3. The zero-order valence-electron chi connectivity index (χ0n) is 11.5. The van der Waals surface area contributed by atoms with Crippen molar-refractivity contribution in [3.05, 3.63) is 35.4 Å². The van der Waals surface area contributed by atoms with E-state index in [4.69, 9.17) is 0 Å². The molecule has 1 aromatic carbocycles. The second kappa shape index (κ2) is 5.44. The summed E-state index contributed by atoms with van der Waals surface area (Å²) in [5, 5.41) is 3.75. The van der Waals surface area contributed by atoms with Crippen LogP contribution in [0, 0.1) is 5.92 Å². The van der Waals surface area contributed by atoms with E-state index in [1.807, 2.05) is 0 Å². The third-order valence-electron chi connectivity index (χ3n) is 4.93. The van der Waals surface area contributed by atoms with Gasteiger partial charge in [-0.1, -0.05) is 44.0 Å². The first kappa shape index (κ1) is 12.2. The highest BCUT2D eigenvalue weighted by atomic mass is 14.9. The van der Waals surface area contributed by atoms with E-state index < -0.39 is 0 Å². The van der Waals surface area contributed by atoms with E-state index in [0.29, 0.717) is 0 Å². The predicted octanol–water partition coefficient (Wildman–Crippen LogP) is 3.88. The van der Waals surface area contributed by atoms with Crippen LogP contribution in [-0.4, -0.2) is 12.6 Å². The Bertz CT molecular complexity index is 392. The van der Waals surface area contributed by atoms with Crippen LogP contribution in [0.25, 0.3) is 0 Å². The molecule has 0 amide bonds. The summed E-state index contributed by atoms with van der Waals surface area (Å²) in [6.45, 7) is 3.37. The largest absolute Gasteiger partial charge is 0.314 e. The highest BCUT2D eigenvalue weighted by Crippen LogP contribution is 2.40. The van der Waals surface area contributed by atoms with Gasteiger partial charge in [-0.05, 0) is 55.2 Å². The second-order valence-electron chi connectivity index (χ2n) is 6.04. The van der Waals surface area contributed by atoms with Gasteiger partial charge in [0.25, 0.3) is 0 Å². The summed E-state index contributed by atoms with van der Waals surface area (Å²) in [5.41, 5.74) is 3.21. The molecule has 98 valence electrons. The molecular weight excluding hydrogens is 218 g/mol. The molecule has 0 aromatic heterocycles. The van der Waals surface area contributed by atoms with Gasteiger partial charge in [0, 0.05) is 6.04 Å². The monoisotopic (exact) mass is 243 g/mol. The Balaban J connectivity index is 1.63. The molecular formula is C17H25N. The van der Waals surface area contributed by atoms with Gasteiger partial charge in [0.2, 0.25) is 0 Å². The topological polar surface area (TPSA) is 12.0 Å². The molecule has 2 unspecified atom stereocenters. The van der Waals surface area contributed by atoms with Crippen molar-refractivity contribution in [2.24, 2.45) is 5.92 Å². The minimum absolute atomic E-state index is 0.760. The average molecular weight is 243 g/mol. The van der Waals surface area contributed by atoms with E-state index in [1.165, 1.54) is 38.5 Å². The van der Waals surface area contributed by atoms with Crippen molar-refractivity contribution in [1.29, 1.82) is 0 Å². The van der Waals surface area contributed by atoms with Crippen LogP contribution < -0.4 is 5.32 Å². The maximum Gasteiger partial charge on any atom is 0.0101 e. The van der Waals surface area contributed by atoms with Gasteiger partial charge < -0.3 is 5.32 Å². The summed E-state index contributed by atoms with van der Waals surface area (Å²) in [6, 6.07) is 9.76. The SMILES string of the molecule is CCNC(CC1Cc2ccccc21)C1CCCC1. The Morgan fingerprint density at radius 2 is 2.00 bits per heavy atom. The molecule has 3 rings (SSSR count). The first-order valence-electron chi connectivity index (χ1n) is 7.69. The molecule has 1 aromatic rings. The smallest absolute Gasteiger partial charge is 0.0101 e. The van der Waals surface area contributed by atoms with Crippen LogP contribution >= 0.6 is 0 Å². The predicted molar refractivity (Wildman–Crippen MR) is 76.9 cm³/mol. The van der Waals surface area contributed by atoms with Crippen LogP contribution in [0.15, 0.2) is 24.3 Å². The average Bonchev–Trinajstić information content (AvgIpc) is 2.88. The van der Waals surface area contributed by atoms with E-state index in [9.17, 15) is 0 Å². The Kier molecular flexibility index (Phi) is 3.69. The van der Waals surface area contributed by atoms with E-state index in [2.05, 4.69) is 36.5 Å². The molecule has 2 aliphatic rings. The van der Waals surface area contributed by atoms with Crippen LogP contribution in [0.1, 0.15) is 56.1 Å². The number of hydrogen-bond donors (Lipinski definition) is 1. The van der Waals surface area contributed by atoms with Gasteiger partial charge in [-0.3, -0.25) is 0 Å². The maximum atomic E-state index is 3.75. The van der Waals surface area contributed by atoms with Crippen molar-refractivity contribution in [2.75, 3.05) is 6.54 Å². The molecule has 0 spiro atoms. The Morgan fingerprint density at radius 1 is 1.22 bits per heavy atom. The lowest BCUT2D eigenvalue weighted by atomic mass is 9.73. The molecule has 1 nitrogen and oxygen atoms in total. The van der Waals surface area contributed by atoms with E-state index in [-0.39, 0.29) is 0 Å². The fourth-order valence-electron chi connectivity index (χ4n) is 3.94. The molecule has 1 saturated carbocycles. The fraction of sp³-hybridized carbons (Fsp3) is 0.647. The molecule has 2 atom stereocenters. The summed E-state index contributed by atoms with van der Waals surface area (Å²) >= 11 is 0. The zero-order chi connectivity index (χ0) is 12.4. The summed E-state index contributed by atoms with van der Waals surface area (Å²) in [6.07, 6.45) is 8.47. The van der Waals surface area contributed by atoms with Crippen LogP contribution in [0.5, 0.6) is 0 Å². The van der Waals surface area contributed by atoms with Crippen molar-refractivity contribution < 1.29 is 0 Å². The number of hydrogen-bond acceptors (Lipinski definition) is 1. The van der Waals surface area contributed by atoms with Crippen molar-refractivity contribution in [2.45, 2.75) is 57.4 Å². The number of benzene rings is 1. The molecule has 0 saturated heterocycles. The molecule has 1 heteroatoms. The Labute approximate surface area is 111 Å². The van der Waals surface area contributed by atoms with Gasteiger partial charge in [0.15, 0.2) is 0 Å². The molecule has 0 bridgehead atoms. The number of rotatable bonds is 5.